The van der Waals surface area contributed by atoms with E-state index in [4.69, 9.17) is 9.05 Å². The van der Waals surface area contributed by atoms with Gasteiger partial charge in [-0.05, 0) is 37.6 Å². The van der Waals surface area contributed by atoms with Crippen LogP contribution in [0.3, 0.4) is 0 Å². The predicted octanol–water partition coefficient (Wildman–Crippen LogP) is 4.08. The number of benzene rings is 1. The number of amides is 1. The summed E-state index contributed by atoms with van der Waals surface area (Å²) in [6.07, 6.45) is 2.98. The molecule has 1 aromatic rings. The number of carbonyl (C=O) groups excluding carboxylic acids is 1. The third-order valence-corrected chi connectivity index (χ3v) is 4.71. The molecule has 0 aliphatic rings. The SMILES string of the molecule is CCOP(=O)(/C=C/C=C(\C(=O)N(C)C)c1ccc(F)cc1)OCC. The van der Waals surface area contributed by atoms with Gasteiger partial charge in [0.15, 0.2) is 0 Å². The van der Waals surface area contributed by atoms with E-state index in [-0.39, 0.29) is 24.9 Å². The highest BCUT2D eigenvalue weighted by Gasteiger charge is 2.19. The van der Waals surface area contributed by atoms with Crippen LogP contribution in [0.15, 0.2) is 42.2 Å². The lowest BCUT2D eigenvalue weighted by molar-refractivity contribution is -0.122. The summed E-state index contributed by atoms with van der Waals surface area (Å²) in [5, 5.41) is 0. The standard InChI is InChI=1S/C17H23FNO4P/c1-5-22-24(21,23-6-2)13-7-8-16(17(20)19(3)4)14-9-11-15(18)12-10-14/h7-13H,5-6H2,1-4H3/b13-7+,16-8-. The molecule has 0 bridgehead atoms. The van der Waals surface area contributed by atoms with Crippen molar-refractivity contribution in [3.8, 4) is 0 Å². The molecule has 0 heterocycles. The van der Waals surface area contributed by atoms with Crippen LogP contribution in [0, 0.1) is 5.82 Å². The number of allylic oxidation sites excluding steroid dienone is 2. The van der Waals surface area contributed by atoms with E-state index in [1.54, 1.807) is 27.9 Å². The molecular weight excluding hydrogens is 332 g/mol. The first-order valence-electron chi connectivity index (χ1n) is 7.59. The van der Waals surface area contributed by atoms with E-state index >= 15 is 0 Å². The summed E-state index contributed by atoms with van der Waals surface area (Å²) in [6, 6.07) is 5.59. The summed E-state index contributed by atoms with van der Waals surface area (Å²) in [5.74, 6) is 0.670. The van der Waals surface area contributed by atoms with Gasteiger partial charge in [0.05, 0.1) is 13.2 Å². The average Bonchev–Trinajstić information content (AvgIpc) is 2.52. The molecule has 0 N–H and O–H groups in total. The summed E-state index contributed by atoms with van der Waals surface area (Å²) in [7, 11) is -0.0995. The minimum absolute atomic E-state index is 0.243. The third-order valence-electron chi connectivity index (χ3n) is 2.94. The molecule has 24 heavy (non-hydrogen) atoms. The molecule has 0 saturated heterocycles. The normalized spacial score (nSPS) is 12.6. The lowest BCUT2D eigenvalue weighted by Crippen LogP contribution is -2.22. The van der Waals surface area contributed by atoms with Gasteiger partial charge in [-0.3, -0.25) is 9.36 Å². The van der Waals surface area contributed by atoms with Crippen LogP contribution in [0.2, 0.25) is 0 Å². The molecule has 1 rings (SSSR count). The fourth-order valence-electron chi connectivity index (χ4n) is 1.89. The van der Waals surface area contributed by atoms with Crippen LogP contribution in [0.4, 0.5) is 4.39 Å². The largest absolute Gasteiger partial charge is 0.354 e. The third kappa shape index (κ3) is 6.04. The average molecular weight is 355 g/mol. The molecule has 5 nitrogen and oxygen atoms in total. The van der Waals surface area contributed by atoms with Gasteiger partial charge in [-0.1, -0.05) is 18.2 Å². The van der Waals surface area contributed by atoms with Gasteiger partial charge in [0.2, 0.25) is 0 Å². The zero-order valence-corrected chi connectivity index (χ0v) is 15.3. The number of hydrogen-bond acceptors (Lipinski definition) is 4. The molecule has 0 aliphatic carbocycles. The molecule has 0 aromatic heterocycles. The zero-order valence-electron chi connectivity index (χ0n) is 14.4. The molecule has 0 spiro atoms. The molecule has 7 heteroatoms. The lowest BCUT2D eigenvalue weighted by Gasteiger charge is -2.14. The van der Waals surface area contributed by atoms with Crippen LogP contribution in [0.5, 0.6) is 0 Å². The number of carbonyl (C=O) groups is 1. The van der Waals surface area contributed by atoms with Crippen LogP contribution in [-0.2, 0) is 18.4 Å². The molecule has 0 fully saturated rings. The fourth-order valence-corrected chi connectivity index (χ4v) is 3.15. The van der Waals surface area contributed by atoms with Crippen molar-refractivity contribution >= 4 is 19.1 Å². The Kier molecular flexibility index (Phi) is 8.05. The number of nitrogens with zero attached hydrogens (tertiary/aromatic N) is 1. The highest BCUT2D eigenvalue weighted by molar-refractivity contribution is 7.57. The number of likely N-dealkylation sites (N-methyl/N-ethyl adjacent to an activating group) is 1. The molecule has 1 aromatic carbocycles. The minimum atomic E-state index is -3.34. The Morgan fingerprint density at radius 1 is 1.17 bits per heavy atom. The Bertz CT molecular complexity index is 643. The summed E-state index contributed by atoms with van der Waals surface area (Å²) in [6.45, 7) is 3.92. The van der Waals surface area contributed by atoms with E-state index < -0.39 is 7.60 Å². The molecule has 0 atom stereocenters. The van der Waals surface area contributed by atoms with Crippen LogP contribution >= 0.6 is 7.60 Å². The number of rotatable bonds is 8. The van der Waals surface area contributed by atoms with Gasteiger partial charge < -0.3 is 13.9 Å². The topological polar surface area (TPSA) is 55.8 Å². The summed E-state index contributed by atoms with van der Waals surface area (Å²) in [5.41, 5.74) is 0.901. The van der Waals surface area contributed by atoms with E-state index in [1.165, 1.54) is 47.1 Å². The Morgan fingerprint density at radius 3 is 2.17 bits per heavy atom. The second-order valence-electron chi connectivity index (χ2n) is 5.00. The first-order valence-corrected chi connectivity index (χ1v) is 9.20. The second kappa shape index (κ2) is 9.52. The number of halogens is 1. The van der Waals surface area contributed by atoms with Crippen LogP contribution in [0.25, 0.3) is 5.57 Å². The van der Waals surface area contributed by atoms with Crippen molar-refractivity contribution in [3.05, 3.63) is 53.6 Å². The van der Waals surface area contributed by atoms with E-state index in [0.717, 1.165) is 0 Å². The zero-order chi connectivity index (χ0) is 18.2. The van der Waals surface area contributed by atoms with E-state index in [0.29, 0.717) is 11.1 Å². The monoisotopic (exact) mass is 355 g/mol. The predicted molar refractivity (Wildman–Crippen MR) is 93.1 cm³/mol. The molecule has 132 valence electrons. The Morgan fingerprint density at radius 2 is 1.71 bits per heavy atom. The van der Waals surface area contributed by atoms with Crippen molar-refractivity contribution in [2.75, 3.05) is 27.3 Å². The first kappa shape index (κ1) is 20.3. The van der Waals surface area contributed by atoms with E-state index in [9.17, 15) is 13.8 Å². The molecule has 1 amide bonds. The Hall–Kier alpha value is -1.75. The fraction of sp³-hybridized carbons (Fsp3) is 0.353. The highest BCUT2D eigenvalue weighted by atomic mass is 31.2. The van der Waals surface area contributed by atoms with Gasteiger partial charge >= 0.3 is 7.60 Å². The van der Waals surface area contributed by atoms with Crippen LogP contribution in [0.1, 0.15) is 19.4 Å². The quantitative estimate of drug-likeness (QED) is 0.401. The maximum Gasteiger partial charge on any atom is 0.354 e. The summed E-state index contributed by atoms with van der Waals surface area (Å²) < 4.78 is 35.8. The maximum atomic E-state index is 13.1. The molecule has 0 unspecified atom stereocenters. The number of hydrogen-bond donors (Lipinski definition) is 0. The van der Waals surface area contributed by atoms with Gasteiger partial charge in [0, 0.05) is 25.5 Å². The molecule has 0 aliphatic heterocycles. The minimum Gasteiger partial charge on any atom is -0.345 e. The van der Waals surface area contributed by atoms with Crippen molar-refractivity contribution in [1.29, 1.82) is 0 Å². The summed E-state index contributed by atoms with van der Waals surface area (Å²) >= 11 is 0. The van der Waals surface area contributed by atoms with Crippen molar-refractivity contribution in [3.63, 3.8) is 0 Å². The summed E-state index contributed by atoms with van der Waals surface area (Å²) in [4.78, 5) is 13.7. The lowest BCUT2D eigenvalue weighted by atomic mass is 10.0. The van der Waals surface area contributed by atoms with Crippen molar-refractivity contribution in [2.45, 2.75) is 13.8 Å². The Balaban J connectivity index is 3.17. The molecular formula is C17H23FNO4P. The highest BCUT2D eigenvalue weighted by Crippen LogP contribution is 2.49. The van der Waals surface area contributed by atoms with E-state index in [2.05, 4.69) is 0 Å². The van der Waals surface area contributed by atoms with Gasteiger partial charge in [0.25, 0.3) is 5.91 Å². The second-order valence-corrected chi connectivity index (χ2v) is 6.90. The van der Waals surface area contributed by atoms with E-state index in [1.807, 2.05) is 0 Å². The van der Waals surface area contributed by atoms with Crippen molar-refractivity contribution in [1.82, 2.24) is 4.90 Å². The molecule has 0 radical (unpaired) electrons. The van der Waals surface area contributed by atoms with Crippen molar-refractivity contribution in [2.24, 2.45) is 0 Å². The van der Waals surface area contributed by atoms with Crippen LogP contribution in [-0.4, -0.2) is 38.1 Å². The van der Waals surface area contributed by atoms with Gasteiger partial charge in [-0.25, -0.2) is 4.39 Å². The maximum absolute atomic E-state index is 13.1. The smallest absolute Gasteiger partial charge is 0.345 e. The van der Waals surface area contributed by atoms with Crippen molar-refractivity contribution < 1.29 is 22.8 Å². The van der Waals surface area contributed by atoms with Gasteiger partial charge in [-0.15, -0.1) is 0 Å². The van der Waals surface area contributed by atoms with Gasteiger partial charge in [-0.2, -0.15) is 0 Å². The molecule has 0 saturated carbocycles. The first-order chi connectivity index (χ1) is 11.3. The Labute approximate surface area is 142 Å². The van der Waals surface area contributed by atoms with Gasteiger partial charge in [0.1, 0.15) is 5.82 Å². The van der Waals surface area contributed by atoms with Crippen LogP contribution < -0.4 is 0 Å².